The number of imidazole rings is 2. The van der Waals surface area contributed by atoms with Crippen LogP contribution >= 0.6 is 0 Å². The normalized spacial score (nSPS) is 23.4. The molecule has 1 spiro atoms. The van der Waals surface area contributed by atoms with E-state index in [2.05, 4.69) is 75.2 Å². The van der Waals surface area contributed by atoms with Gasteiger partial charge in [0.2, 0.25) is 5.91 Å². The molecule has 7 atom stereocenters. The number of nitrogens with zero attached hydrogens (tertiary/aromatic N) is 4. The zero-order valence-electron chi connectivity index (χ0n) is 38.4. The highest BCUT2D eigenvalue weighted by Crippen LogP contribution is 2.49. The number of carbonyl (C=O) groups is 4. The Morgan fingerprint density at radius 1 is 0.821 bits per heavy atom. The molecule has 3 aliphatic heterocycles. The van der Waals surface area contributed by atoms with Crippen molar-refractivity contribution in [2.24, 2.45) is 17.3 Å². The predicted molar refractivity (Wildman–Crippen MR) is 252 cm³/mol. The van der Waals surface area contributed by atoms with Gasteiger partial charge in [0.15, 0.2) is 0 Å². The van der Waals surface area contributed by atoms with Crippen LogP contribution in [0.4, 0.5) is 9.59 Å². The summed E-state index contributed by atoms with van der Waals surface area (Å²) in [4.78, 5) is 74.7. The van der Waals surface area contributed by atoms with Gasteiger partial charge in [-0.15, -0.1) is 0 Å². The average molecular weight is 907 g/mol. The van der Waals surface area contributed by atoms with Gasteiger partial charge in [0.05, 0.1) is 55.8 Å². The summed E-state index contributed by atoms with van der Waals surface area (Å²) in [6.07, 6.45) is 7.01. The molecule has 4 aromatic carbocycles. The Balaban J connectivity index is 0.890. The number of likely N-dealkylation sites (tertiary alicyclic amines) is 2. The summed E-state index contributed by atoms with van der Waals surface area (Å²) in [5.74, 6) is 1.42. The Labute approximate surface area is 389 Å². The maximum Gasteiger partial charge on any atom is 0.407 e. The van der Waals surface area contributed by atoms with Crippen LogP contribution in [0.2, 0.25) is 0 Å². The molecule has 4 N–H and O–H groups in total. The number of hydrogen-bond donors (Lipinski definition) is 4. The lowest BCUT2D eigenvalue weighted by molar-refractivity contribution is -0.138. The Morgan fingerprint density at radius 2 is 1.58 bits per heavy atom. The second-order valence-electron chi connectivity index (χ2n) is 19.2. The van der Waals surface area contributed by atoms with Gasteiger partial charge >= 0.3 is 12.2 Å². The summed E-state index contributed by atoms with van der Waals surface area (Å²) in [6, 6.07) is 26.1. The van der Waals surface area contributed by atoms with Gasteiger partial charge in [-0.2, -0.15) is 0 Å². The van der Waals surface area contributed by atoms with Crippen LogP contribution in [-0.2, 0) is 23.8 Å². The molecule has 15 heteroatoms. The highest BCUT2D eigenvalue weighted by atomic mass is 16.5. The van der Waals surface area contributed by atoms with Crippen molar-refractivity contribution < 1.29 is 33.4 Å². The monoisotopic (exact) mass is 906 g/mol. The van der Waals surface area contributed by atoms with E-state index in [9.17, 15) is 19.2 Å². The molecule has 4 fully saturated rings. The van der Waals surface area contributed by atoms with Crippen molar-refractivity contribution in [2.75, 3.05) is 34.0 Å². The standard InChI is InChI=1S/C52H58N8O7/c1-30(2)43(57-50(63)65-3)49(62)60-40-13-8-12-36(40)25-41(60)47-54-38-21-19-35-24-34(18-20-37(35)45(38)56-47)31-14-16-32(17-15-31)39-27-53-46(55-39)42-26-52(22-9-23-67-29-52)28-59(42)48(61)44(58-51(64)66-4)33-10-6-5-7-11-33/h5-7,10-11,14-21,24,27,30,36,40-44H,8-9,12-13,22-23,25-26,28-29H2,1-4H3,(H,53,55)(H,54,56)(H,57,63)(H,58,64)/t36-,40-,41-,42-,43-,44+,52-/m0/s1. The lowest BCUT2D eigenvalue weighted by Gasteiger charge is -2.33. The lowest BCUT2D eigenvalue weighted by atomic mass is 9.80. The van der Waals surface area contributed by atoms with Crippen molar-refractivity contribution in [3.8, 4) is 22.4 Å². The first-order chi connectivity index (χ1) is 32.5. The van der Waals surface area contributed by atoms with Gasteiger partial charge in [-0.3, -0.25) is 9.59 Å². The molecule has 348 valence electrons. The maximum atomic E-state index is 14.5. The minimum atomic E-state index is -0.933. The van der Waals surface area contributed by atoms with E-state index in [-0.39, 0.29) is 41.3 Å². The SMILES string of the molecule is COC(=O)N[C@H](C(=O)N1[C@H](c2nc3c(ccc4cc(-c5ccc(-c6cnc([C@@H]7C[C@@]8(CCCOC8)CN7C(=O)[C@H](NC(=O)OC)c7ccccc7)[nH]6)cc5)ccc43)[nH]2)C[C@@H]2CCC[C@@H]21)C(C)C. The summed E-state index contributed by atoms with van der Waals surface area (Å²) >= 11 is 0. The topological polar surface area (TPSA) is 184 Å². The quantitative estimate of drug-likeness (QED) is 0.104. The maximum absolute atomic E-state index is 14.5. The third-order valence-electron chi connectivity index (χ3n) is 14.7. The highest BCUT2D eigenvalue weighted by Gasteiger charge is 2.51. The molecule has 4 amide bonds. The highest BCUT2D eigenvalue weighted by molar-refractivity contribution is 6.05. The summed E-state index contributed by atoms with van der Waals surface area (Å²) in [5, 5.41) is 7.65. The first-order valence-electron chi connectivity index (χ1n) is 23.6. The Bertz CT molecular complexity index is 2800. The van der Waals surface area contributed by atoms with E-state index in [4.69, 9.17) is 24.2 Å². The number of aromatic nitrogens is 4. The molecule has 0 bridgehead atoms. The molecular formula is C52H58N8O7. The number of fused-ring (bicyclic) bond motifs is 4. The first-order valence-corrected chi connectivity index (χ1v) is 23.6. The van der Waals surface area contributed by atoms with Gasteiger partial charge in [0.25, 0.3) is 5.91 Å². The van der Waals surface area contributed by atoms with E-state index in [0.29, 0.717) is 43.5 Å². The van der Waals surface area contributed by atoms with Crippen molar-refractivity contribution in [2.45, 2.75) is 89.0 Å². The number of ether oxygens (including phenoxy) is 3. The van der Waals surface area contributed by atoms with Gasteiger partial charge in [-0.25, -0.2) is 19.6 Å². The van der Waals surface area contributed by atoms with Gasteiger partial charge < -0.3 is 44.6 Å². The van der Waals surface area contributed by atoms with E-state index in [0.717, 1.165) is 88.5 Å². The Kier molecular flexibility index (Phi) is 12.0. The lowest BCUT2D eigenvalue weighted by Crippen LogP contribution is -2.53. The number of benzene rings is 4. The third-order valence-corrected chi connectivity index (χ3v) is 14.7. The van der Waals surface area contributed by atoms with Gasteiger partial charge in [-0.1, -0.05) is 93.1 Å². The summed E-state index contributed by atoms with van der Waals surface area (Å²) in [5.41, 5.74) is 6.14. The molecule has 10 rings (SSSR count). The van der Waals surface area contributed by atoms with Crippen LogP contribution in [0, 0.1) is 17.3 Å². The average Bonchev–Trinajstić information content (AvgIpc) is 4.21. The molecular weight excluding hydrogens is 849 g/mol. The molecule has 6 aromatic rings. The second-order valence-corrected chi connectivity index (χ2v) is 19.2. The molecule has 0 unspecified atom stereocenters. The van der Waals surface area contributed by atoms with Gasteiger partial charge in [0, 0.05) is 30.0 Å². The smallest absolute Gasteiger partial charge is 0.407 e. The number of carbonyl (C=O) groups excluding carboxylic acids is 4. The van der Waals surface area contributed by atoms with Crippen LogP contribution < -0.4 is 10.6 Å². The van der Waals surface area contributed by atoms with Crippen LogP contribution in [0.25, 0.3) is 44.2 Å². The molecule has 4 aliphatic rings. The first kappa shape index (κ1) is 44.1. The van der Waals surface area contributed by atoms with Crippen molar-refractivity contribution in [3.63, 3.8) is 0 Å². The van der Waals surface area contributed by atoms with Crippen LogP contribution in [-0.4, -0.2) is 99.8 Å². The van der Waals surface area contributed by atoms with E-state index in [1.165, 1.54) is 14.2 Å². The second kappa shape index (κ2) is 18.2. The number of amides is 4. The van der Waals surface area contributed by atoms with Crippen molar-refractivity contribution in [1.29, 1.82) is 0 Å². The minimum absolute atomic E-state index is 0.0899. The zero-order chi connectivity index (χ0) is 46.4. The molecule has 3 saturated heterocycles. The summed E-state index contributed by atoms with van der Waals surface area (Å²) < 4.78 is 15.8. The molecule has 0 radical (unpaired) electrons. The van der Waals surface area contributed by atoms with Crippen molar-refractivity contribution in [3.05, 3.63) is 108 Å². The third kappa shape index (κ3) is 8.38. The van der Waals surface area contributed by atoms with Crippen LogP contribution in [0.3, 0.4) is 0 Å². The predicted octanol–water partition coefficient (Wildman–Crippen LogP) is 8.76. The van der Waals surface area contributed by atoms with Gasteiger partial charge in [-0.05, 0) is 90.1 Å². The van der Waals surface area contributed by atoms with Crippen molar-refractivity contribution in [1.82, 2.24) is 40.4 Å². The fraction of sp³-hybridized carbons (Fsp3) is 0.423. The summed E-state index contributed by atoms with van der Waals surface area (Å²) in [6.45, 7) is 5.64. The molecule has 2 aromatic heterocycles. The van der Waals surface area contributed by atoms with E-state index in [1.54, 1.807) is 0 Å². The van der Waals surface area contributed by atoms with Crippen LogP contribution in [0.5, 0.6) is 0 Å². The number of nitrogens with one attached hydrogen (secondary N) is 4. The Morgan fingerprint density at radius 3 is 2.33 bits per heavy atom. The molecule has 15 nitrogen and oxygen atoms in total. The van der Waals surface area contributed by atoms with Gasteiger partial charge in [0.1, 0.15) is 23.7 Å². The molecule has 1 saturated carbocycles. The Hall–Kier alpha value is -6.74. The largest absolute Gasteiger partial charge is 0.453 e. The minimum Gasteiger partial charge on any atom is -0.453 e. The fourth-order valence-electron chi connectivity index (χ4n) is 11.4. The van der Waals surface area contributed by atoms with Crippen LogP contribution in [0.15, 0.2) is 91.1 Å². The number of rotatable bonds is 10. The van der Waals surface area contributed by atoms with E-state index < -0.39 is 24.3 Å². The number of aromatic amines is 2. The number of H-pyrrole nitrogens is 2. The molecule has 67 heavy (non-hydrogen) atoms. The summed E-state index contributed by atoms with van der Waals surface area (Å²) in [7, 11) is 2.61. The fourth-order valence-corrected chi connectivity index (χ4v) is 11.4. The van der Waals surface area contributed by atoms with E-state index in [1.807, 2.05) is 60.2 Å². The van der Waals surface area contributed by atoms with Crippen molar-refractivity contribution >= 4 is 45.8 Å². The number of hydrogen-bond acceptors (Lipinski definition) is 9. The number of alkyl carbamates (subject to hydrolysis) is 2. The molecule has 5 heterocycles. The van der Waals surface area contributed by atoms with E-state index >= 15 is 0 Å². The zero-order valence-corrected chi connectivity index (χ0v) is 38.4. The number of methoxy groups -OCH3 is 2. The van der Waals surface area contributed by atoms with Crippen LogP contribution in [0.1, 0.15) is 94.1 Å². The molecule has 1 aliphatic carbocycles.